The van der Waals surface area contributed by atoms with Gasteiger partial charge >= 0.3 is 6.03 Å². The van der Waals surface area contributed by atoms with Crippen molar-refractivity contribution in [3.05, 3.63) is 60.2 Å². The number of benzene rings is 1. The maximum Gasteiger partial charge on any atom is 0.322 e. The first-order valence-electron chi connectivity index (χ1n) is 9.83. The molecule has 2 amide bonds. The van der Waals surface area contributed by atoms with Crippen molar-refractivity contribution in [2.45, 2.75) is 18.8 Å². The number of halogens is 1. The number of nitrogens with zero attached hydrogens (tertiary/aromatic N) is 3. The fourth-order valence-corrected chi connectivity index (χ4v) is 3.77. The molecule has 2 aromatic rings. The molecule has 0 saturated carbocycles. The Hall–Kier alpha value is -2.55. The molecule has 1 unspecified atom stereocenters. The molecule has 7 nitrogen and oxygen atoms in total. The Kier molecular flexibility index (Phi) is 6.03. The van der Waals surface area contributed by atoms with E-state index < -0.39 is 11.6 Å². The highest BCUT2D eigenvalue weighted by molar-refractivity contribution is 5.89. The lowest BCUT2D eigenvalue weighted by atomic mass is 10.1. The van der Waals surface area contributed by atoms with Gasteiger partial charge in [0.05, 0.1) is 32.0 Å². The number of hydrogen-bond donors (Lipinski definition) is 1. The quantitative estimate of drug-likeness (QED) is 0.858. The summed E-state index contributed by atoms with van der Waals surface area (Å²) >= 11 is 0. The van der Waals surface area contributed by atoms with Crippen LogP contribution in [0.5, 0.6) is 0 Å². The Balaban J connectivity index is 1.43. The average Bonchev–Trinajstić information content (AvgIpc) is 2.92. The minimum absolute atomic E-state index is 0.165. The fourth-order valence-electron chi connectivity index (χ4n) is 3.77. The van der Waals surface area contributed by atoms with Crippen LogP contribution in [0.1, 0.15) is 12.0 Å². The van der Waals surface area contributed by atoms with Crippen LogP contribution < -0.4 is 5.32 Å². The van der Waals surface area contributed by atoms with E-state index in [4.69, 9.17) is 9.47 Å². The average molecular weight is 400 g/mol. The van der Waals surface area contributed by atoms with Gasteiger partial charge in [-0.3, -0.25) is 9.88 Å². The Morgan fingerprint density at radius 2 is 2.00 bits per heavy atom. The van der Waals surface area contributed by atoms with Gasteiger partial charge in [-0.05, 0) is 30.2 Å². The van der Waals surface area contributed by atoms with Gasteiger partial charge in [-0.25, -0.2) is 9.18 Å². The molecule has 2 fully saturated rings. The molecular formula is C21H25FN4O3. The zero-order valence-electron chi connectivity index (χ0n) is 16.2. The first-order valence-corrected chi connectivity index (χ1v) is 9.83. The van der Waals surface area contributed by atoms with E-state index in [0.29, 0.717) is 26.3 Å². The molecule has 1 atom stereocenters. The summed E-state index contributed by atoms with van der Waals surface area (Å²) < 4.78 is 26.0. The molecule has 1 N–H and O–H groups in total. The highest BCUT2D eigenvalue weighted by atomic mass is 19.1. The Labute approximate surface area is 169 Å². The van der Waals surface area contributed by atoms with Crippen LogP contribution in [-0.4, -0.2) is 66.0 Å². The number of carbonyl (C=O) groups excluding carboxylic acids is 1. The van der Waals surface area contributed by atoms with E-state index in [9.17, 15) is 9.18 Å². The second-order valence-corrected chi connectivity index (χ2v) is 7.36. The number of amides is 2. The summed E-state index contributed by atoms with van der Waals surface area (Å²) in [6.45, 7) is 3.80. The van der Waals surface area contributed by atoms with Gasteiger partial charge in [0.2, 0.25) is 0 Å². The normalized spacial score (nSPS) is 23.0. The monoisotopic (exact) mass is 400 g/mol. The van der Waals surface area contributed by atoms with Gasteiger partial charge in [0.15, 0.2) is 5.79 Å². The molecule has 1 aromatic carbocycles. The van der Waals surface area contributed by atoms with Crippen molar-refractivity contribution in [1.82, 2.24) is 14.8 Å². The van der Waals surface area contributed by atoms with Crippen LogP contribution in [0.25, 0.3) is 0 Å². The summed E-state index contributed by atoms with van der Waals surface area (Å²) in [6, 6.07) is 9.74. The van der Waals surface area contributed by atoms with E-state index in [1.165, 1.54) is 6.07 Å². The number of nitrogens with one attached hydrogen (secondary N) is 1. The van der Waals surface area contributed by atoms with Crippen molar-refractivity contribution in [2.75, 3.05) is 44.7 Å². The van der Waals surface area contributed by atoms with Crippen molar-refractivity contribution in [1.29, 1.82) is 0 Å². The van der Waals surface area contributed by atoms with Gasteiger partial charge in [-0.1, -0.05) is 18.2 Å². The number of anilines is 1. The second-order valence-electron chi connectivity index (χ2n) is 7.36. The number of pyridine rings is 1. The van der Waals surface area contributed by atoms with E-state index in [1.54, 1.807) is 29.3 Å². The van der Waals surface area contributed by atoms with Gasteiger partial charge in [-0.2, -0.15) is 0 Å². The van der Waals surface area contributed by atoms with E-state index >= 15 is 0 Å². The van der Waals surface area contributed by atoms with Gasteiger partial charge in [0.1, 0.15) is 5.82 Å². The summed E-state index contributed by atoms with van der Waals surface area (Å²) in [7, 11) is 0. The molecule has 0 bridgehead atoms. The third kappa shape index (κ3) is 4.90. The summed E-state index contributed by atoms with van der Waals surface area (Å²) in [5.74, 6) is -1.35. The maximum absolute atomic E-state index is 13.9. The standard InChI is InChI=1S/C21H25FN4O3/c22-18-6-1-2-7-19(18)24-20(27)26-10-12-29-21(16-26)15-25(9-4-11-28-21)14-17-5-3-8-23-13-17/h1-3,5-8,13H,4,9-12,14-16H2,(H,24,27). The largest absolute Gasteiger partial charge is 0.347 e. The van der Waals surface area contributed by atoms with Gasteiger partial charge in [0.25, 0.3) is 0 Å². The number of carbonyl (C=O) groups is 1. The number of hydrogen-bond acceptors (Lipinski definition) is 5. The summed E-state index contributed by atoms with van der Waals surface area (Å²) in [4.78, 5) is 20.8. The maximum atomic E-state index is 13.9. The number of rotatable bonds is 3. The van der Waals surface area contributed by atoms with E-state index in [0.717, 1.165) is 25.1 Å². The van der Waals surface area contributed by atoms with Crippen molar-refractivity contribution in [3.63, 3.8) is 0 Å². The zero-order chi connectivity index (χ0) is 20.1. The summed E-state index contributed by atoms with van der Waals surface area (Å²) in [5.41, 5.74) is 1.28. The van der Waals surface area contributed by atoms with Crippen molar-refractivity contribution in [2.24, 2.45) is 0 Å². The third-order valence-electron chi connectivity index (χ3n) is 5.14. The third-order valence-corrected chi connectivity index (χ3v) is 5.14. The molecule has 8 heteroatoms. The van der Waals surface area contributed by atoms with E-state index in [-0.39, 0.29) is 18.3 Å². The van der Waals surface area contributed by atoms with Gasteiger partial charge in [-0.15, -0.1) is 0 Å². The van der Waals surface area contributed by atoms with Crippen LogP contribution in [0.4, 0.5) is 14.9 Å². The summed E-state index contributed by atoms with van der Waals surface area (Å²) in [6.07, 6.45) is 4.49. The van der Waals surface area contributed by atoms with Crippen LogP contribution in [0.15, 0.2) is 48.8 Å². The molecule has 1 spiro atoms. The first-order chi connectivity index (χ1) is 14.1. The SMILES string of the molecule is O=C(Nc1ccccc1F)N1CCOC2(CN(Cc3cccnc3)CCCO2)C1. The van der Waals surface area contributed by atoms with Crippen molar-refractivity contribution >= 4 is 11.7 Å². The molecule has 2 aliphatic heterocycles. The number of para-hydroxylation sites is 1. The Morgan fingerprint density at radius 3 is 2.83 bits per heavy atom. The van der Waals surface area contributed by atoms with Crippen molar-refractivity contribution in [3.8, 4) is 0 Å². The van der Waals surface area contributed by atoms with Gasteiger partial charge in [0, 0.05) is 32.0 Å². The second kappa shape index (κ2) is 8.86. The molecule has 0 radical (unpaired) electrons. The molecule has 29 heavy (non-hydrogen) atoms. The summed E-state index contributed by atoms with van der Waals surface area (Å²) in [5, 5.41) is 2.65. The fraction of sp³-hybridized carbons (Fsp3) is 0.429. The molecule has 4 rings (SSSR count). The first kappa shape index (κ1) is 19.8. The molecule has 0 aliphatic carbocycles. The molecule has 154 valence electrons. The van der Waals surface area contributed by atoms with Gasteiger partial charge < -0.3 is 19.7 Å². The van der Waals surface area contributed by atoms with E-state index in [1.807, 2.05) is 18.3 Å². The molecule has 1 aromatic heterocycles. The lowest BCUT2D eigenvalue weighted by Crippen LogP contribution is -2.59. The number of aromatic nitrogens is 1. The Bertz CT molecular complexity index is 838. The lowest BCUT2D eigenvalue weighted by Gasteiger charge is -2.43. The zero-order valence-corrected chi connectivity index (χ0v) is 16.2. The molecule has 2 saturated heterocycles. The topological polar surface area (TPSA) is 66.9 Å². The minimum Gasteiger partial charge on any atom is -0.347 e. The lowest BCUT2D eigenvalue weighted by molar-refractivity contribution is -0.260. The minimum atomic E-state index is -0.885. The molecule has 2 aliphatic rings. The van der Waals surface area contributed by atoms with Crippen LogP contribution in [0.2, 0.25) is 0 Å². The predicted molar refractivity (Wildman–Crippen MR) is 106 cm³/mol. The smallest absolute Gasteiger partial charge is 0.322 e. The van der Waals surface area contributed by atoms with E-state index in [2.05, 4.69) is 15.2 Å². The Morgan fingerprint density at radius 1 is 1.14 bits per heavy atom. The highest BCUT2D eigenvalue weighted by Gasteiger charge is 2.42. The van der Waals surface area contributed by atoms with Crippen LogP contribution in [0, 0.1) is 5.82 Å². The van der Waals surface area contributed by atoms with Crippen molar-refractivity contribution < 1.29 is 18.7 Å². The number of urea groups is 1. The highest BCUT2D eigenvalue weighted by Crippen LogP contribution is 2.26. The van der Waals surface area contributed by atoms with Crippen LogP contribution >= 0.6 is 0 Å². The predicted octanol–water partition coefficient (Wildman–Crippen LogP) is 2.70. The molecule has 3 heterocycles. The van der Waals surface area contributed by atoms with Crippen LogP contribution in [-0.2, 0) is 16.0 Å². The van der Waals surface area contributed by atoms with Crippen LogP contribution in [0.3, 0.4) is 0 Å². The number of morpholine rings is 1. The number of ether oxygens (including phenoxy) is 2. The molecular weight excluding hydrogens is 375 g/mol.